The minimum absolute atomic E-state index is 0.00385. The van der Waals surface area contributed by atoms with Crippen molar-refractivity contribution in [2.45, 2.75) is 44.8 Å². The largest absolute Gasteiger partial charge is 0.444 e. The number of amides is 2. The number of halogens is 2. The van der Waals surface area contributed by atoms with E-state index in [1.807, 2.05) is 6.07 Å². The summed E-state index contributed by atoms with van der Waals surface area (Å²) in [4.78, 5) is 25.6. The van der Waals surface area contributed by atoms with Crippen molar-refractivity contribution in [1.29, 1.82) is 5.26 Å². The first-order valence-corrected chi connectivity index (χ1v) is 8.15. The number of ether oxygens (including phenoxy) is 1. The molecule has 1 aromatic rings. The number of carbonyl (C=O) groups is 2. The fraction of sp³-hybridized carbons (Fsp3) is 0.500. The van der Waals surface area contributed by atoms with Crippen molar-refractivity contribution >= 4 is 12.0 Å². The highest BCUT2D eigenvalue weighted by atomic mass is 19.3. The highest BCUT2D eigenvalue weighted by Gasteiger charge is 2.48. The number of hydrogen-bond donors (Lipinski definition) is 1. The Bertz CT molecular complexity index is 730. The lowest BCUT2D eigenvalue weighted by Crippen LogP contribution is -2.63. The standard InChI is InChI=1S/C18H21F2N3O3/c1-17(2,3)26-16(25)22-14(15(24)23-10-18(19,20)11-23)8-12-6-4-5-7-13(12)9-21/h4-7,14H,8,10-11H2,1-3H3,(H,22,25). The maximum atomic E-state index is 13.1. The summed E-state index contributed by atoms with van der Waals surface area (Å²) in [7, 11) is 0. The third-order valence-electron chi connectivity index (χ3n) is 3.71. The normalized spacial score (nSPS) is 16.8. The predicted octanol–water partition coefficient (Wildman–Crippen LogP) is 2.47. The molecule has 2 amide bonds. The van der Waals surface area contributed by atoms with Crippen molar-refractivity contribution in [2.75, 3.05) is 13.1 Å². The van der Waals surface area contributed by atoms with Gasteiger partial charge < -0.3 is 15.0 Å². The molecule has 0 radical (unpaired) electrons. The van der Waals surface area contributed by atoms with Gasteiger partial charge in [0.25, 0.3) is 5.92 Å². The third kappa shape index (κ3) is 5.15. The summed E-state index contributed by atoms with van der Waals surface area (Å²) < 4.78 is 31.3. The summed E-state index contributed by atoms with van der Waals surface area (Å²) in [5, 5.41) is 11.6. The predicted molar refractivity (Wildman–Crippen MR) is 89.5 cm³/mol. The van der Waals surface area contributed by atoms with E-state index < -0.39 is 42.7 Å². The number of nitrogens with one attached hydrogen (secondary N) is 1. The molecule has 1 saturated heterocycles. The summed E-state index contributed by atoms with van der Waals surface area (Å²) in [6.07, 6.45) is -0.818. The van der Waals surface area contributed by atoms with Gasteiger partial charge in [-0.2, -0.15) is 5.26 Å². The molecule has 1 aromatic carbocycles. The average molecular weight is 365 g/mol. The smallest absolute Gasteiger partial charge is 0.408 e. The summed E-state index contributed by atoms with van der Waals surface area (Å²) in [6.45, 7) is 3.65. The van der Waals surface area contributed by atoms with Crippen LogP contribution in [0.15, 0.2) is 24.3 Å². The first kappa shape index (κ1) is 19.6. The van der Waals surface area contributed by atoms with Gasteiger partial charge in [-0.3, -0.25) is 4.79 Å². The Morgan fingerprint density at radius 2 is 1.96 bits per heavy atom. The van der Waals surface area contributed by atoms with E-state index in [0.717, 1.165) is 4.90 Å². The SMILES string of the molecule is CC(C)(C)OC(=O)NC(Cc1ccccc1C#N)C(=O)N1CC(F)(F)C1. The van der Waals surface area contributed by atoms with Crippen LogP contribution in [0.25, 0.3) is 0 Å². The Hall–Kier alpha value is -2.69. The van der Waals surface area contributed by atoms with E-state index in [9.17, 15) is 23.6 Å². The van der Waals surface area contributed by atoms with Gasteiger partial charge >= 0.3 is 6.09 Å². The number of benzene rings is 1. The van der Waals surface area contributed by atoms with Gasteiger partial charge in [0.05, 0.1) is 24.7 Å². The van der Waals surface area contributed by atoms with E-state index in [-0.39, 0.29) is 6.42 Å². The molecule has 26 heavy (non-hydrogen) atoms. The molecule has 1 unspecified atom stereocenters. The summed E-state index contributed by atoms with van der Waals surface area (Å²) in [6, 6.07) is 7.52. The van der Waals surface area contributed by atoms with Crippen LogP contribution in [0.1, 0.15) is 31.9 Å². The molecular weight excluding hydrogens is 344 g/mol. The Kier molecular flexibility index (Phi) is 5.50. The number of hydrogen-bond acceptors (Lipinski definition) is 4. The number of alkyl carbamates (subject to hydrolysis) is 1. The molecule has 1 N–H and O–H groups in total. The van der Waals surface area contributed by atoms with Crippen LogP contribution in [-0.4, -0.2) is 47.6 Å². The molecule has 0 spiro atoms. The topological polar surface area (TPSA) is 82.4 Å². The summed E-state index contributed by atoms with van der Waals surface area (Å²) in [5.41, 5.74) is 0.119. The lowest BCUT2D eigenvalue weighted by Gasteiger charge is -2.40. The van der Waals surface area contributed by atoms with Gasteiger partial charge in [0.2, 0.25) is 5.91 Å². The zero-order valence-electron chi connectivity index (χ0n) is 14.9. The second-order valence-electron chi connectivity index (χ2n) is 7.22. The number of likely N-dealkylation sites (tertiary alicyclic amines) is 1. The lowest BCUT2D eigenvalue weighted by atomic mass is 9.98. The van der Waals surface area contributed by atoms with E-state index in [1.165, 1.54) is 0 Å². The second-order valence-corrected chi connectivity index (χ2v) is 7.22. The molecule has 0 bridgehead atoms. The molecule has 1 aliphatic rings. The molecule has 1 fully saturated rings. The van der Waals surface area contributed by atoms with Crippen LogP contribution in [0.5, 0.6) is 0 Å². The number of nitriles is 1. The van der Waals surface area contributed by atoms with Gasteiger partial charge in [-0.05, 0) is 32.4 Å². The van der Waals surface area contributed by atoms with Crippen LogP contribution in [0.3, 0.4) is 0 Å². The molecule has 6 nitrogen and oxygen atoms in total. The van der Waals surface area contributed by atoms with Gasteiger partial charge in [0.1, 0.15) is 11.6 Å². The Morgan fingerprint density at radius 1 is 1.35 bits per heavy atom. The molecule has 8 heteroatoms. The first-order valence-electron chi connectivity index (χ1n) is 8.15. The van der Waals surface area contributed by atoms with Crippen LogP contribution in [-0.2, 0) is 16.0 Å². The van der Waals surface area contributed by atoms with Crippen molar-refractivity contribution in [3.63, 3.8) is 0 Å². The van der Waals surface area contributed by atoms with E-state index in [1.54, 1.807) is 45.0 Å². The molecule has 0 aromatic heterocycles. The molecule has 0 saturated carbocycles. The zero-order chi connectivity index (χ0) is 19.5. The molecule has 0 aliphatic carbocycles. The maximum absolute atomic E-state index is 13.1. The van der Waals surface area contributed by atoms with Crippen molar-refractivity contribution in [1.82, 2.24) is 10.2 Å². The molecule has 1 atom stereocenters. The van der Waals surface area contributed by atoms with Crippen LogP contribution in [0.2, 0.25) is 0 Å². The number of nitrogens with zero attached hydrogens (tertiary/aromatic N) is 2. The summed E-state index contributed by atoms with van der Waals surface area (Å²) in [5.74, 6) is -3.54. The third-order valence-corrected chi connectivity index (χ3v) is 3.71. The number of carbonyl (C=O) groups excluding carboxylic acids is 2. The average Bonchev–Trinajstić information content (AvgIpc) is 2.49. The van der Waals surface area contributed by atoms with Crippen LogP contribution >= 0.6 is 0 Å². The zero-order valence-corrected chi connectivity index (χ0v) is 14.9. The first-order chi connectivity index (χ1) is 12.0. The van der Waals surface area contributed by atoms with Crippen molar-refractivity contribution in [3.05, 3.63) is 35.4 Å². The Morgan fingerprint density at radius 3 is 2.50 bits per heavy atom. The monoisotopic (exact) mass is 365 g/mol. The minimum atomic E-state index is -2.91. The van der Waals surface area contributed by atoms with Gasteiger partial charge in [0, 0.05) is 6.42 Å². The minimum Gasteiger partial charge on any atom is -0.444 e. The quantitative estimate of drug-likeness (QED) is 0.889. The lowest BCUT2D eigenvalue weighted by molar-refractivity contribution is -0.167. The van der Waals surface area contributed by atoms with Crippen molar-refractivity contribution in [3.8, 4) is 6.07 Å². The van der Waals surface area contributed by atoms with Crippen molar-refractivity contribution in [2.24, 2.45) is 0 Å². The molecular formula is C18H21F2N3O3. The van der Waals surface area contributed by atoms with Gasteiger partial charge in [-0.1, -0.05) is 18.2 Å². The Labute approximate surface area is 150 Å². The highest BCUT2D eigenvalue weighted by Crippen LogP contribution is 2.27. The van der Waals surface area contributed by atoms with Gasteiger partial charge in [-0.25, -0.2) is 13.6 Å². The number of rotatable bonds is 4. The highest BCUT2D eigenvalue weighted by molar-refractivity contribution is 5.87. The second kappa shape index (κ2) is 7.28. The molecule has 1 heterocycles. The van der Waals surface area contributed by atoms with E-state index >= 15 is 0 Å². The van der Waals surface area contributed by atoms with Gasteiger partial charge in [0.15, 0.2) is 0 Å². The van der Waals surface area contributed by atoms with Crippen LogP contribution < -0.4 is 5.32 Å². The Balaban J connectivity index is 2.17. The van der Waals surface area contributed by atoms with E-state index in [4.69, 9.17) is 4.74 Å². The summed E-state index contributed by atoms with van der Waals surface area (Å²) >= 11 is 0. The molecule has 1 aliphatic heterocycles. The van der Waals surface area contributed by atoms with Gasteiger partial charge in [-0.15, -0.1) is 0 Å². The van der Waals surface area contributed by atoms with E-state index in [0.29, 0.717) is 11.1 Å². The number of alkyl halides is 2. The maximum Gasteiger partial charge on any atom is 0.408 e. The molecule has 2 rings (SSSR count). The van der Waals surface area contributed by atoms with E-state index in [2.05, 4.69) is 5.32 Å². The molecule has 140 valence electrons. The van der Waals surface area contributed by atoms with Crippen LogP contribution in [0, 0.1) is 11.3 Å². The fourth-order valence-corrected chi connectivity index (χ4v) is 2.57. The van der Waals surface area contributed by atoms with Crippen molar-refractivity contribution < 1.29 is 23.1 Å². The van der Waals surface area contributed by atoms with Crippen LogP contribution in [0.4, 0.5) is 13.6 Å². The fourth-order valence-electron chi connectivity index (χ4n) is 2.57.